The SMILES string of the molecule is C[C@@H](OC(=O)c1cc(O)c2ccccc2c1O)C(=O)Nc1ccc(Cl)cn1. The van der Waals surface area contributed by atoms with E-state index >= 15 is 0 Å². The molecule has 1 amide bonds. The molecule has 3 aromatic rings. The number of hydrogen-bond acceptors (Lipinski definition) is 6. The molecule has 0 aliphatic carbocycles. The molecule has 1 heterocycles. The second-order valence-electron chi connectivity index (χ2n) is 5.74. The molecule has 0 bridgehead atoms. The Hall–Kier alpha value is -3.32. The van der Waals surface area contributed by atoms with Crippen LogP contribution in [-0.4, -0.2) is 33.2 Å². The van der Waals surface area contributed by atoms with E-state index in [1.54, 1.807) is 30.3 Å². The van der Waals surface area contributed by atoms with Crippen molar-refractivity contribution in [3.05, 3.63) is 59.2 Å². The molecule has 7 nitrogen and oxygen atoms in total. The molecule has 138 valence electrons. The Kier molecular flexibility index (Phi) is 5.14. The quantitative estimate of drug-likeness (QED) is 0.468. The third-order valence-electron chi connectivity index (χ3n) is 3.85. The predicted octanol–water partition coefficient (Wildman–Crippen LogP) is 3.48. The van der Waals surface area contributed by atoms with Crippen molar-refractivity contribution in [3.63, 3.8) is 0 Å². The van der Waals surface area contributed by atoms with Gasteiger partial charge in [-0.3, -0.25) is 4.79 Å². The number of fused-ring (bicyclic) bond motifs is 1. The molecule has 3 rings (SSSR count). The lowest BCUT2D eigenvalue weighted by Crippen LogP contribution is -2.30. The number of aromatic hydroxyl groups is 2. The molecular formula is C19H15ClN2O5. The molecule has 27 heavy (non-hydrogen) atoms. The number of aromatic nitrogens is 1. The molecule has 0 radical (unpaired) electrons. The smallest absolute Gasteiger partial charge is 0.342 e. The molecule has 0 aliphatic rings. The highest BCUT2D eigenvalue weighted by molar-refractivity contribution is 6.30. The third kappa shape index (κ3) is 3.93. The summed E-state index contributed by atoms with van der Waals surface area (Å²) in [5, 5.41) is 24.0. The van der Waals surface area contributed by atoms with E-state index in [2.05, 4.69) is 10.3 Å². The number of halogens is 1. The van der Waals surface area contributed by atoms with E-state index < -0.39 is 18.0 Å². The maximum Gasteiger partial charge on any atom is 0.342 e. The normalized spacial score (nSPS) is 11.8. The van der Waals surface area contributed by atoms with Crippen molar-refractivity contribution in [1.29, 1.82) is 0 Å². The average molecular weight is 387 g/mol. The van der Waals surface area contributed by atoms with Gasteiger partial charge in [-0.05, 0) is 25.1 Å². The zero-order valence-electron chi connectivity index (χ0n) is 14.1. The summed E-state index contributed by atoms with van der Waals surface area (Å²) in [4.78, 5) is 28.4. The van der Waals surface area contributed by atoms with Crippen LogP contribution in [-0.2, 0) is 9.53 Å². The van der Waals surface area contributed by atoms with Crippen LogP contribution in [0.3, 0.4) is 0 Å². The molecule has 8 heteroatoms. The molecule has 2 aromatic carbocycles. The first-order valence-electron chi connectivity index (χ1n) is 7.94. The number of nitrogens with zero attached hydrogens (tertiary/aromatic N) is 1. The second kappa shape index (κ2) is 7.51. The Bertz CT molecular complexity index is 1020. The Morgan fingerprint density at radius 1 is 1.15 bits per heavy atom. The van der Waals surface area contributed by atoms with Gasteiger partial charge in [0, 0.05) is 17.0 Å². The monoisotopic (exact) mass is 386 g/mol. The van der Waals surface area contributed by atoms with E-state index in [4.69, 9.17) is 16.3 Å². The fraction of sp³-hybridized carbons (Fsp3) is 0.105. The van der Waals surface area contributed by atoms with Crippen LogP contribution in [0.15, 0.2) is 48.7 Å². The van der Waals surface area contributed by atoms with Crippen molar-refractivity contribution in [2.75, 3.05) is 5.32 Å². The Morgan fingerprint density at radius 3 is 2.52 bits per heavy atom. The van der Waals surface area contributed by atoms with Gasteiger partial charge in [0.1, 0.15) is 22.9 Å². The predicted molar refractivity (Wildman–Crippen MR) is 100 cm³/mol. The summed E-state index contributed by atoms with van der Waals surface area (Å²) < 4.78 is 5.10. The lowest BCUT2D eigenvalue weighted by molar-refractivity contribution is -0.123. The van der Waals surface area contributed by atoms with Crippen LogP contribution in [0.2, 0.25) is 5.02 Å². The van der Waals surface area contributed by atoms with Gasteiger partial charge in [0.05, 0.1) is 5.02 Å². The lowest BCUT2D eigenvalue weighted by Gasteiger charge is -2.14. The van der Waals surface area contributed by atoms with Gasteiger partial charge >= 0.3 is 5.97 Å². The largest absolute Gasteiger partial charge is 0.507 e. The van der Waals surface area contributed by atoms with Gasteiger partial charge in [-0.2, -0.15) is 0 Å². The van der Waals surface area contributed by atoms with Crippen LogP contribution in [0.25, 0.3) is 10.8 Å². The summed E-state index contributed by atoms with van der Waals surface area (Å²) in [6.07, 6.45) is 0.201. The summed E-state index contributed by atoms with van der Waals surface area (Å²) in [5.41, 5.74) is -0.240. The van der Waals surface area contributed by atoms with Crippen LogP contribution < -0.4 is 5.32 Å². The summed E-state index contributed by atoms with van der Waals surface area (Å²) in [7, 11) is 0. The van der Waals surface area contributed by atoms with Gasteiger partial charge in [-0.1, -0.05) is 35.9 Å². The number of carbonyl (C=O) groups excluding carboxylic acids is 2. The van der Waals surface area contributed by atoms with Crippen LogP contribution in [0.1, 0.15) is 17.3 Å². The standard InChI is InChI=1S/C19H15ClN2O5/c1-10(18(25)22-16-7-6-11(20)9-21-16)27-19(26)14-8-15(23)12-4-2-3-5-13(12)17(14)24/h2-10,23-24H,1H3,(H,21,22,25)/t10-/m1/s1. The molecule has 0 unspecified atom stereocenters. The number of amides is 1. The molecule has 0 spiro atoms. The van der Waals surface area contributed by atoms with E-state index in [9.17, 15) is 19.8 Å². The first-order chi connectivity index (χ1) is 12.9. The number of anilines is 1. The van der Waals surface area contributed by atoms with Gasteiger partial charge in [-0.25, -0.2) is 9.78 Å². The molecule has 0 aliphatic heterocycles. The molecule has 0 saturated carbocycles. The van der Waals surface area contributed by atoms with E-state index in [0.29, 0.717) is 15.8 Å². The first-order valence-corrected chi connectivity index (χ1v) is 8.31. The highest BCUT2D eigenvalue weighted by atomic mass is 35.5. The van der Waals surface area contributed by atoms with Crippen LogP contribution >= 0.6 is 11.6 Å². The van der Waals surface area contributed by atoms with E-state index in [0.717, 1.165) is 6.07 Å². The van der Waals surface area contributed by atoms with Gasteiger partial charge < -0.3 is 20.3 Å². The van der Waals surface area contributed by atoms with Crippen molar-refractivity contribution >= 4 is 40.1 Å². The highest BCUT2D eigenvalue weighted by Gasteiger charge is 2.23. The van der Waals surface area contributed by atoms with E-state index in [1.165, 1.54) is 19.2 Å². The van der Waals surface area contributed by atoms with Gasteiger partial charge in [0.2, 0.25) is 0 Å². The number of nitrogens with one attached hydrogen (secondary N) is 1. The first kappa shape index (κ1) is 18.5. The Balaban J connectivity index is 1.76. The number of pyridine rings is 1. The molecular weight excluding hydrogens is 372 g/mol. The Morgan fingerprint density at radius 2 is 1.85 bits per heavy atom. The molecule has 1 aromatic heterocycles. The number of phenols is 2. The van der Waals surface area contributed by atoms with E-state index in [1.807, 2.05) is 0 Å². The summed E-state index contributed by atoms with van der Waals surface area (Å²) >= 11 is 5.73. The fourth-order valence-electron chi connectivity index (χ4n) is 2.45. The number of benzene rings is 2. The zero-order chi connectivity index (χ0) is 19.6. The van der Waals surface area contributed by atoms with Crippen molar-refractivity contribution in [3.8, 4) is 11.5 Å². The van der Waals surface area contributed by atoms with E-state index in [-0.39, 0.29) is 22.9 Å². The number of phenolic OH excluding ortho intramolecular Hbond substituents is 2. The number of esters is 1. The molecule has 1 atom stereocenters. The average Bonchev–Trinajstić information content (AvgIpc) is 2.66. The topological polar surface area (TPSA) is 109 Å². The maximum absolute atomic E-state index is 12.4. The Labute approximate surface area is 159 Å². The summed E-state index contributed by atoms with van der Waals surface area (Å²) in [6.45, 7) is 1.38. The molecule has 0 saturated heterocycles. The number of rotatable bonds is 4. The minimum Gasteiger partial charge on any atom is -0.507 e. The van der Waals surface area contributed by atoms with Crippen LogP contribution in [0.5, 0.6) is 11.5 Å². The van der Waals surface area contributed by atoms with Crippen molar-refractivity contribution in [1.82, 2.24) is 4.98 Å². The molecule has 3 N–H and O–H groups in total. The third-order valence-corrected chi connectivity index (χ3v) is 4.07. The summed E-state index contributed by atoms with van der Waals surface area (Å²) in [5.74, 6) is -1.82. The zero-order valence-corrected chi connectivity index (χ0v) is 14.9. The number of hydrogen-bond donors (Lipinski definition) is 3. The lowest BCUT2D eigenvalue weighted by atomic mass is 10.0. The van der Waals surface area contributed by atoms with Crippen molar-refractivity contribution in [2.24, 2.45) is 0 Å². The molecule has 0 fully saturated rings. The second-order valence-corrected chi connectivity index (χ2v) is 6.17. The highest BCUT2D eigenvalue weighted by Crippen LogP contribution is 2.35. The van der Waals surface area contributed by atoms with Gasteiger partial charge in [0.25, 0.3) is 5.91 Å². The fourth-order valence-corrected chi connectivity index (χ4v) is 2.56. The van der Waals surface area contributed by atoms with Gasteiger partial charge in [0.15, 0.2) is 6.10 Å². The minimum atomic E-state index is -1.16. The number of carbonyl (C=O) groups is 2. The maximum atomic E-state index is 12.4. The van der Waals surface area contributed by atoms with Crippen LogP contribution in [0.4, 0.5) is 5.82 Å². The van der Waals surface area contributed by atoms with Crippen molar-refractivity contribution < 1.29 is 24.5 Å². The van der Waals surface area contributed by atoms with Gasteiger partial charge in [-0.15, -0.1) is 0 Å². The van der Waals surface area contributed by atoms with Crippen LogP contribution in [0, 0.1) is 0 Å². The van der Waals surface area contributed by atoms with Crippen molar-refractivity contribution in [2.45, 2.75) is 13.0 Å². The minimum absolute atomic E-state index is 0.183. The summed E-state index contributed by atoms with van der Waals surface area (Å²) in [6, 6.07) is 10.7. The number of ether oxygens (including phenoxy) is 1.